The minimum absolute atomic E-state index is 0.171. The SMILES string of the molecule is CCCCCCCCOc1ccc(CCc2ccc(-c3ccc(OC(F)F)cc3)cc2)cc1. The summed E-state index contributed by atoms with van der Waals surface area (Å²) in [6.07, 6.45) is 9.55. The number of aryl methyl sites for hydroxylation is 2. The first-order chi connectivity index (χ1) is 16.1. The van der Waals surface area contributed by atoms with Gasteiger partial charge in [-0.2, -0.15) is 8.78 Å². The Balaban J connectivity index is 1.41. The van der Waals surface area contributed by atoms with Crippen LogP contribution in [0.3, 0.4) is 0 Å². The number of hydrogen-bond acceptors (Lipinski definition) is 2. The molecule has 3 rings (SSSR count). The Bertz CT molecular complexity index is 919. The first-order valence-electron chi connectivity index (χ1n) is 12.0. The number of rotatable bonds is 14. The second-order valence-corrected chi connectivity index (χ2v) is 8.36. The third-order valence-electron chi connectivity index (χ3n) is 5.76. The molecule has 0 amide bonds. The lowest BCUT2D eigenvalue weighted by atomic mass is 10.0. The predicted molar refractivity (Wildman–Crippen MR) is 131 cm³/mol. The van der Waals surface area contributed by atoms with Gasteiger partial charge in [-0.15, -0.1) is 0 Å². The predicted octanol–water partition coefficient (Wildman–Crippen LogP) is 8.48. The van der Waals surface area contributed by atoms with Crippen molar-refractivity contribution in [2.75, 3.05) is 6.61 Å². The average molecular weight is 453 g/mol. The second kappa shape index (κ2) is 13.6. The Morgan fingerprint density at radius 2 is 1.09 bits per heavy atom. The fraction of sp³-hybridized carbons (Fsp3) is 0.379. The van der Waals surface area contributed by atoms with E-state index in [0.717, 1.165) is 42.7 Å². The van der Waals surface area contributed by atoms with Gasteiger partial charge in [0, 0.05) is 0 Å². The summed E-state index contributed by atoms with van der Waals surface area (Å²) in [7, 11) is 0. The molecule has 0 unspecified atom stereocenters. The molecule has 0 aliphatic carbocycles. The van der Waals surface area contributed by atoms with E-state index in [1.54, 1.807) is 24.3 Å². The number of benzene rings is 3. The summed E-state index contributed by atoms with van der Waals surface area (Å²) >= 11 is 0. The molecule has 33 heavy (non-hydrogen) atoms. The van der Waals surface area contributed by atoms with Crippen molar-refractivity contribution in [2.45, 2.75) is 64.9 Å². The molecule has 0 aromatic heterocycles. The topological polar surface area (TPSA) is 18.5 Å². The molecule has 3 aromatic carbocycles. The summed E-state index contributed by atoms with van der Waals surface area (Å²) in [4.78, 5) is 0. The van der Waals surface area contributed by atoms with E-state index in [1.165, 1.54) is 43.2 Å². The van der Waals surface area contributed by atoms with Crippen molar-refractivity contribution in [3.05, 3.63) is 83.9 Å². The van der Waals surface area contributed by atoms with Gasteiger partial charge < -0.3 is 9.47 Å². The minimum atomic E-state index is -2.80. The maximum atomic E-state index is 12.3. The zero-order valence-electron chi connectivity index (χ0n) is 19.4. The van der Waals surface area contributed by atoms with Crippen LogP contribution in [0.1, 0.15) is 56.6 Å². The molecule has 4 heteroatoms. The van der Waals surface area contributed by atoms with Gasteiger partial charge in [-0.25, -0.2) is 0 Å². The van der Waals surface area contributed by atoms with Crippen LogP contribution in [0.4, 0.5) is 8.78 Å². The minimum Gasteiger partial charge on any atom is -0.494 e. The number of alkyl halides is 2. The highest BCUT2D eigenvalue weighted by Gasteiger charge is 2.05. The Kier molecular flexibility index (Phi) is 10.2. The maximum absolute atomic E-state index is 12.3. The summed E-state index contributed by atoms with van der Waals surface area (Å²) in [5.41, 5.74) is 4.58. The molecule has 0 radical (unpaired) electrons. The highest BCUT2D eigenvalue weighted by atomic mass is 19.3. The monoisotopic (exact) mass is 452 g/mol. The van der Waals surface area contributed by atoms with Crippen LogP contribution >= 0.6 is 0 Å². The lowest BCUT2D eigenvalue weighted by Crippen LogP contribution is -2.01. The van der Waals surface area contributed by atoms with E-state index in [-0.39, 0.29) is 5.75 Å². The summed E-state index contributed by atoms with van der Waals surface area (Å²) in [5.74, 6) is 1.12. The highest BCUT2D eigenvalue weighted by Crippen LogP contribution is 2.24. The molecule has 2 nitrogen and oxygen atoms in total. The zero-order valence-corrected chi connectivity index (χ0v) is 19.4. The van der Waals surface area contributed by atoms with Crippen LogP contribution in [-0.2, 0) is 12.8 Å². The van der Waals surface area contributed by atoms with Gasteiger partial charge in [0.15, 0.2) is 0 Å². The first-order valence-corrected chi connectivity index (χ1v) is 12.0. The van der Waals surface area contributed by atoms with Crippen LogP contribution in [0.15, 0.2) is 72.8 Å². The van der Waals surface area contributed by atoms with Crippen molar-refractivity contribution in [1.29, 1.82) is 0 Å². The number of hydrogen-bond donors (Lipinski definition) is 0. The summed E-state index contributed by atoms with van der Waals surface area (Å²) in [6.45, 7) is 0.229. The normalized spacial score (nSPS) is 11.0. The van der Waals surface area contributed by atoms with Crippen LogP contribution in [0, 0.1) is 0 Å². The molecule has 176 valence electrons. The molecule has 0 N–H and O–H groups in total. The molecular weight excluding hydrogens is 418 g/mol. The van der Waals surface area contributed by atoms with Crippen LogP contribution in [0.5, 0.6) is 11.5 Å². The smallest absolute Gasteiger partial charge is 0.387 e. The van der Waals surface area contributed by atoms with Crippen LogP contribution in [0.25, 0.3) is 11.1 Å². The van der Waals surface area contributed by atoms with Gasteiger partial charge in [0.25, 0.3) is 0 Å². The van der Waals surface area contributed by atoms with E-state index in [9.17, 15) is 8.78 Å². The highest BCUT2D eigenvalue weighted by molar-refractivity contribution is 5.64. The average Bonchev–Trinajstić information content (AvgIpc) is 2.83. The quantitative estimate of drug-likeness (QED) is 0.228. The van der Waals surface area contributed by atoms with Gasteiger partial charge in [-0.05, 0) is 65.8 Å². The molecule has 0 fully saturated rings. The van der Waals surface area contributed by atoms with Crippen LogP contribution < -0.4 is 9.47 Å². The van der Waals surface area contributed by atoms with E-state index >= 15 is 0 Å². The van der Waals surface area contributed by atoms with Gasteiger partial charge in [-0.3, -0.25) is 0 Å². The molecular formula is C29H34F2O2. The standard InChI is InChI=1S/C29H34F2O2/c1-2-3-4-5-6-7-22-32-27-18-12-24(13-19-27)9-8-23-10-14-25(15-11-23)26-16-20-28(21-17-26)33-29(30)31/h10-21,29H,2-9,22H2,1H3. The Labute approximate surface area is 196 Å². The largest absolute Gasteiger partial charge is 0.494 e. The fourth-order valence-corrected chi connectivity index (χ4v) is 3.81. The summed E-state index contributed by atoms with van der Waals surface area (Å²) < 4.78 is 34.8. The molecule has 0 spiro atoms. The van der Waals surface area contributed by atoms with Crippen LogP contribution in [0.2, 0.25) is 0 Å². The van der Waals surface area contributed by atoms with E-state index < -0.39 is 6.61 Å². The van der Waals surface area contributed by atoms with Crippen LogP contribution in [-0.4, -0.2) is 13.2 Å². The third-order valence-corrected chi connectivity index (χ3v) is 5.76. The van der Waals surface area contributed by atoms with Crippen molar-refractivity contribution < 1.29 is 18.3 Å². The molecule has 3 aromatic rings. The lowest BCUT2D eigenvalue weighted by molar-refractivity contribution is -0.0498. The van der Waals surface area contributed by atoms with E-state index in [2.05, 4.69) is 60.2 Å². The Morgan fingerprint density at radius 3 is 1.67 bits per heavy atom. The molecule has 0 saturated carbocycles. The molecule has 0 aliphatic rings. The summed E-state index contributed by atoms with van der Waals surface area (Å²) in [6, 6.07) is 23.5. The molecule has 0 bridgehead atoms. The zero-order chi connectivity index (χ0) is 23.3. The molecule has 0 aliphatic heterocycles. The van der Waals surface area contributed by atoms with Crippen molar-refractivity contribution in [1.82, 2.24) is 0 Å². The van der Waals surface area contributed by atoms with E-state index in [1.807, 2.05) is 0 Å². The number of unbranched alkanes of at least 4 members (excludes halogenated alkanes) is 5. The number of ether oxygens (including phenoxy) is 2. The van der Waals surface area contributed by atoms with Gasteiger partial charge in [-0.1, -0.05) is 87.6 Å². The van der Waals surface area contributed by atoms with Gasteiger partial charge in [0.1, 0.15) is 11.5 Å². The third kappa shape index (κ3) is 8.88. The Morgan fingerprint density at radius 1 is 0.606 bits per heavy atom. The molecule has 0 atom stereocenters. The second-order valence-electron chi connectivity index (χ2n) is 8.36. The lowest BCUT2D eigenvalue weighted by Gasteiger charge is -2.08. The molecule has 0 heterocycles. The first kappa shape index (κ1) is 24.8. The van der Waals surface area contributed by atoms with Crippen molar-refractivity contribution in [3.8, 4) is 22.6 Å². The summed E-state index contributed by atoms with van der Waals surface area (Å²) in [5, 5.41) is 0. The van der Waals surface area contributed by atoms with Gasteiger partial charge in [0.05, 0.1) is 6.61 Å². The van der Waals surface area contributed by atoms with E-state index in [4.69, 9.17) is 4.74 Å². The Hall–Kier alpha value is -2.88. The molecule has 0 saturated heterocycles. The number of halogens is 2. The fourth-order valence-electron chi connectivity index (χ4n) is 3.81. The van der Waals surface area contributed by atoms with Gasteiger partial charge in [0.2, 0.25) is 0 Å². The van der Waals surface area contributed by atoms with Crippen molar-refractivity contribution in [3.63, 3.8) is 0 Å². The van der Waals surface area contributed by atoms with E-state index in [0.29, 0.717) is 0 Å². The maximum Gasteiger partial charge on any atom is 0.387 e. The van der Waals surface area contributed by atoms with Gasteiger partial charge >= 0.3 is 6.61 Å². The van der Waals surface area contributed by atoms with Crippen molar-refractivity contribution in [2.24, 2.45) is 0 Å². The van der Waals surface area contributed by atoms with Crippen molar-refractivity contribution >= 4 is 0 Å².